The summed E-state index contributed by atoms with van der Waals surface area (Å²) in [4.78, 5) is 37.2. The van der Waals surface area contributed by atoms with E-state index in [1.807, 2.05) is 46.8 Å². The minimum atomic E-state index is -4.49. The number of aryl methyl sites for hydroxylation is 2. The van der Waals surface area contributed by atoms with Crippen LogP contribution in [-0.2, 0) is 16.1 Å². The Kier molecular flexibility index (Phi) is 10.2. The molecule has 11 heteroatoms. The van der Waals surface area contributed by atoms with Gasteiger partial charge in [-0.3, -0.25) is 14.4 Å². The topological polar surface area (TPSA) is 113 Å². The molecule has 5 N–H and O–H groups in total. The van der Waals surface area contributed by atoms with Gasteiger partial charge in [0.25, 0.3) is 5.91 Å². The SMILES string of the molecule is Cc1ccc(CNC(C(NC(=O)CNC(=O)c2cccc(SC(F)(F)F)c2)C(N)=O)C(C)(C)C)c(C)c1. The summed E-state index contributed by atoms with van der Waals surface area (Å²) in [5.41, 5.74) is 3.88. The first-order chi connectivity index (χ1) is 17.1. The van der Waals surface area contributed by atoms with Gasteiger partial charge in [0.1, 0.15) is 6.04 Å². The third kappa shape index (κ3) is 9.73. The second-order valence-corrected chi connectivity index (χ2v) is 11.0. The van der Waals surface area contributed by atoms with E-state index in [2.05, 4.69) is 22.0 Å². The fraction of sp³-hybridized carbons (Fsp3) is 0.423. The van der Waals surface area contributed by atoms with Gasteiger partial charge in [-0.25, -0.2) is 0 Å². The molecule has 2 atom stereocenters. The van der Waals surface area contributed by atoms with Crippen molar-refractivity contribution < 1.29 is 27.6 Å². The summed E-state index contributed by atoms with van der Waals surface area (Å²) in [6.07, 6.45) is 0. The first kappa shape index (κ1) is 30.2. The maximum Gasteiger partial charge on any atom is 0.446 e. The number of hydrogen-bond acceptors (Lipinski definition) is 5. The molecular weight excluding hydrogens is 505 g/mol. The summed E-state index contributed by atoms with van der Waals surface area (Å²) < 4.78 is 37.9. The van der Waals surface area contributed by atoms with E-state index in [4.69, 9.17) is 5.73 Å². The highest BCUT2D eigenvalue weighted by Gasteiger charge is 2.36. The van der Waals surface area contributed by atoms with Crippen molar-refractivity contribution in [2.45, 2.75) is 63.7 Å². The zero-order valence-corrected chi connectivity index (χ0v) is 22.3. The number of carbonyl (C=O) groups is 3. The molecule has 7 nitrogen and oxygen atoms in total. The largest absolute Gasteiger partial charge is 0.446 e. The van der Waals surface area contributed by atoms with Crippen LogP contribution in [0.2, 0.25) is 0 Å². The Morgan fingerprint density at radius 2 is 1.70 bits per heavy atom. The monoisotopic (exact) mass is 538 g/mol. The molecule has 37 heavy (non-hydrogen) atoms. The molecule has 0 aromatic heterocycles. The molecule has 0 bridgehead atoms. The molecule has 2 unspecified atom stereocenters. The Morgan fingerprint density at radius 3 is 2.27 bits per heavy atom. The van der Waals surface area contributed by atoms with Gasteiger partial charge >= 0.3 is 5.51 Å². The lowest BCUT2D eigenvalue weighted by Gasteiger charge is -2.37. The second kappa shape index (κ2) is 12.5. The van der Waals surface area contributed by atoms with Gasteiger partial charge in [0.05, 0.1) is 6.54 Å². The van der Waals surface area contributed by atoms with Crippen molar-refractivity contribution in [2.75, 3.05) is 6.54 Å². The van der Waals surface area contributed by atoms with E-state index in [1.54, 1.807) is 0 Å². The predicted octanol–water partition coefficient (Wildman–Crippen LogP) is 3.82. The van der Waals surface area contributed by atoms with Crippen LogP contribution >= 0.6 is 11.8 Å². The molecule has 2 aromatic rings. The molecule has 0 aliphatic rings. The highest BCUT2D eigenvalue weighted by Crippen LogP contribution is 2.36. The minimum absolute atomic E-state index is 0.0313. The number of benzene rings is 2. The van der Waals surface area contributed by atoms with E-state index in [-0.39, 0.29) is 22.2 Å². The molecule has 0 saturated carbocycles. The van der Waals surface area contributed by atoms with E-state index in [9.17, 15) is 27.6 Å². The summed E-state index contributed by atoms with van der Waals surface area (Å²) in [5, 5.41) is 8.30. The van der Waals surface area contributed by atoms with E-state index < -0.39 is 47.3 Å². The van der Waals surface area contributed by atoms with E-state index in [0.29, 0.717) is 6.54 Å². The van der Waals surface area contributed by atoms with Crippen LogP contribution in [0.15, 0.2) is 47.4 Å². The van der Waals surface area contributed by atoms with Crippen LogP contribution in [0.25, 0.3) is 0 Å². The average Bonchev–Trinajstić information content (AvgIpc) is 2.76. The molecule has 2 aromatic carbocycles. The number of hydrogen-bond donors (Lipinski definition) is 4. The van der Waals surface area contributed by atoms with Crippen LogP contribution < -0.4 is 21.7 Å². The van der Waals surface area contributed by atoms with Crippen molar-refractivity contribution in [3.8, 4) is 0 Å². The smallest absolute Gasteiger partial charge is 0.368 e. The summed E-state index contributed by atoms with van der Waals surface area (Å²) in [6, 6.07) is 9.39. The first-order valence-corrected chi connectivity index (χ1v) is 12.4. The van der Waals surface area contributed by atoms with Crippen molar-refractivity contribution in [2.24, 2.45) is 11.1 Å². The molecular formula is C26H33F3N4O3S. The molecule has 0 saturated heterocycles. The third-order valence-electron chi connectivity index (χ3n) is 5.64. The fourth-order valence-electron chi connectivity index (χ4n) is 3.83. The zero-order valence-electron chi connectivity index (χ0n) is 21.5. The highest BCUT2D eigenvalue weighted by molar-refractivity contribution is 8.00. The van der Waals surface area contributed by atoms with Crippen molar-refractivity contribution in [1.82, 2.24) is 16.0 Å². The van der Waals surface area contributed by atoms with Gasteiger partial charge in [-0.05, 0) is 60.4 Å². The molecule has 0 aliphatic carbocycles. The summed E-state index contributed by atoms with van der Waals surface area (Å²) in [5.74, 6) is -2.14. The van der Waals surface area contributed by atoms with Gasteiger partial charge < -0.3 is 21.7 Å². The molecule has 0 heterocycles. The third-order valence-corrected chi connectivity index (χ3v) is 6.36. The minimum Gasteiger partial charge on any atom is -0.368 e. The number of halogens is 3. The molecule has 0 fully saturated rings. The van der Waals surface area contributed by atoms with Crippen molar-refractivity contribution in [1.29, 1.82) is 0 Å². The summed E-state index contributed by atoms with van der Waals surface area (Å²) >= 11 is -0.339. The average molecular weight is 539 g/mol. The van der Waals surface area contributed by atoms with Crippen molar-refractivity contribution in [3.05, 3.63) is 64.7 Å². The molecule has 3 amide bonds. The Labute approximate surface area is 219 Å². The van der Waals surface area contributed by atoms with Crippen LogP contribution in [0.5, 0.6) is 0 Å². The van der Waals surface area contributed by atoms with Gasteiger partial charge in [0.2, 0.25) is 11.8 Å². The number of alkyl halides is 3. The van der Waals surface area contributed by atoms with E-state index in [0.717, 1.165) is 22.8 Å². The summed E-state index contributed by atoms with van der Waals surface area (Å²) in [7, 11) is 0. The maximum atomic E-state index is 12.6. The van der Waals surface area contributed by atoms with E-state index in [1.165, 1.54) is 18.2 Å². The zero-order chi connectivity index (χ0) is 28.0. The number of amides is 3. The quantitative estimate of drug-likeness (QED) is 0.344. The molecule has 2 rings (SSSR count). The molecule has 0 spiro atoms. The maximum absolute atomic E-state index is 12.6. The normalized spacial score (nSPS) is 13.5. The Balaban J connectivity index is 2.06. The number of nitrogens with one attached hydrogen (secondary N) is 3. The van der Waals surface area contributed by atoms with Gasteiger partial charge in [-0.15, -0.1) is 0 Å². The first-order valence-electron chi connectivity index (χ1n) is 11.6. The van der Waals surface area contributed by atoms with Crippen LogP contribution in [0.4, 0.5) is 13.2 Å². The van der Waals surface area contributed by atoms with Gasteiger partial charge in [-0.1, -0.05) is 50.6 Å². The molecule has 0 aliphatic heterocycles. The molecule has 0 radical (unpaired) electrons. The number of nitrogens with two attached hydrogens (primary N) is 1. The Morgan fingerprint density at radius 1 is 1.03 bits per heavy atom. The second-order valence-electron chi connectivity index (χ2n) is 9.86. The van der Waals surface area contributed by atoms with Crippen LogP contribution in [0, 0.1) is 19.3 Å². The van der Waals surface area contributed by atoms with Crippen LogP contribution in [-0.4, -0.2) is 41.9 Å². The Bertz CT molecular complexity index is 1130. The highest BCUT2D eigenvalue weighted by atomic mass is 32.2. The Hall–Kier alpha value is -3.05. The lowest BCUT2D eigenvalue weighted by Crippen LogP contribution is -2.61. The molecule has 202 valence electrons. The number of rotatable bonds is 10. The van der Waals surface area contributed by atoms with Crippen molar-refractivity contribution in [3.63, 3.8) is 0 Å². The van der Waals surface area contributed by atoms with E-state index >= 15 is 0 Å². The lowest BCUT2D eigenvalue weighted by atomic mass is 9.81. The fourth-order valence-corrected chi connectivity index (χ4v) is 4.43. The van der Waals surface area contributed by atoms with Crippen molar-refractivity contribution >= 4 is 29.5 Å². The van der Waals surface area contributed by atoms with Crippen LogP contribution in [0.3, 0.4) is 0 Å². The van der Waals surface area contributed by atoms with Crippen LogP contribution in [0.1, 0.15) is 47.8 Å². The van der Waals surface area contributed by atoms with Gasteiger partial charge in [0.15, 0.2) is 0 Å². The van der Waals surface area contributed by atoms with Gasteiger partial charge in [0, 0.05) is 23.0 Å². The summed E-state index contributed by atoms with van der Waals surface area (Å²) in [6.45, 7) is 9.65. The lowest BCUT2D eigenvalue weighted by molar-refractivity contribution is -0.128. The standard InChI is InChI=1S/C26H33F3N4O3S/c1-15-9-10-18(16(2)11-15)13-31-22(25(3,4)5)21(23(30)35)33-20(34)14-32-24(36)17-7-6-8-19(12-17)37-26(27,28)29/h6-12,21-22,31H,13-14H2,1-5H3,(H2,30,35)(H,32,36)(H,33,34). The van der Waals surface area contributed by atoms with Gasteiger partial charge in [-0.2, -0.15) is 13.2 Å². The predicted molar refractivity (Wildman–Crippen MR) is 138 cm³/mol. The number of primary amides is 1. The number of thioether (sulfide) groups is 1. The number of carbonyl (C=O) groups excluding carboxylic acids is 3.